The van der Waals surface area contributed by atoms with E-state index in [4.69, 9.17) is 10.00 Å². The largest absolute Gasteiger partial charge is 0.426 e. The van der Waals surface area contributed by atoms with Crippen LogP contribution in [0.25, 0.3) is 0 Å². The normalized spacial score (nSPS) is 14.9. The number of esters is 1. The highest BCUT2D eigenvalue weighted by atomic mass is 16.5. The molecule has 7 nitrogen and oxygen atoms in total. The molecule has 0 bridgehead atoms. The van der Waals surface area contributed by atoms with Crippen molar-refractivity contribution in [3.63, 3.8) is 0 Å². The van der Waals surface area contributed by atoms with Gasteiger partial charge < -0.3 is 9.64 Å². The van der Waals surface area contributed by atoms with Gasteiger partial charge in [0.1, 0.15) is 11.8 Å². The summed E-state index contributed by atoms with van der Waals surface area (Å²) in [7, 11) is 0. The molecule has 0 amide bonds. The zero-order chi connectivity index (χ0) is 16.8. The van der Waals surface area contributed by atoms with Crippen molar-refractivity contribution in [1.29, 1.82) is 5.26 Å². The van der Waals surface area contributed by atoms with Crippen LogP contribution in [0.15, 0.2) is 42.7 Å². The molecular formula is C17H17N5O2. The van der Waals surface area contributed by atoms with E-state index in [1.54, 1.807) is 18.3 Å². The van der Waals surface area contributed by atoms with Crippen molar-refractivity contribution < 1.29 is 9.53 Å². The zero-order valence-corrected chi connectivity index (χ0v) is 13.1. The van der Waals surface area contributed by atoms with Gasteiger partial charge in [0.2, 0.25) is 0 Å². The molecule has 2 heterocycles. The summed E-state index contributed by atoms with van der Waals surface area (Å²) in [5.41, 5.74) is 0.328. The maximum Gasteiger partial charge on any atom is 0.325 e. The SMILES string of the molecule is N#Cc1nccnc1N1CCN(CC(=O)Oc2ccccc2)CC1. The Kier molecular flexibility index (Phi) is 4.99. The van der Waals surface area contributed by atoms with Crippen molar-refractivity contribution in [3.8, 4) is 11.8 Å². The summed E-state index contributed by atoms with van der Waals surface area (Å²) in [4.78, 5) is 24.3. The van der Waals surface area contributed by atoms with Gasteiger partial charge in [-0.25, -0.2) is 9.97 Å². The first-order chi connectivity index (χ1) is 11.8. The number of hydrogen-bond acceptors (Lipinski definition) is 7. The number of carbonyl (C=O) groups excluding carboxylic acids is 1. The topological polar surface area (TPSA) is 82.4 Å². The van der Waals surface area contributed by atoms with Crippen LogP contribution in [0.5, 0.6) is 5.75 Å². The molecule has 1 aromatic carbocycles. The Bertz CT molecular complexity index is 736. The second-order valence-corrected chi connectivity index (χ2v) is 5.39. The van der Waals surface area contributed by atoms with E-state index in [9.17, 15) is 4.79 Å². The van der Waals surface area contributed by atoms with Gasteiger partial charge in [-0.05, 0) is 12.1 Å². The summed E-state index contributed by atoms with van der Waals surface area (Å²) in [5, 5.41) is 9.11. The van der Waals surface area contributed by atoms with Crippen LogP contribution in [0, 0.1) is 11.3 Å². The molecule has 1 aromatic heterocycles. The minimum absolute atomic E-state index is 0.244. The third-order valence-corrected chi connectivity index (χ3v) is 3.78. The third-order valence-electron chi connectivity index (χ3n) is 3.78. The first kappa shape index (κ1) is 15.9. The van der Waals surface area contributed by atoms with Gasteiger partial charge in [-0.15, -0.1) is 0 Å². The zero-order valence-electron chi connectivity index (χ0n) is 13.1. The fraction of sp³-hybridized carbons (Fsp3) is 0.294. The second-order valence-electron chi connectivity index (χ2n) is 5.39. The minimum atomic E-state index is -0.271. The lowest BCUT2D eigenvalue weighted by atomic mass is 10.3. The molecule has 3 rings (SSSR count). The van der Waals surface area contributed by atoms with Crippen LogP contribution in [0.4, 0.5) is 5.82 Å². The lowest BCUT2D eigenvalue weighted by Crippen LogP contribution is -2.49. The van der Waals surface area contributed by atoms with Gasteiger partial charge in [-0.2, -0.15) is 5.26 Å². The molecule has 7 heteroatoms. The number of ether oxygens (including phenoxy) is 1. The Balaban J connectivity index is 1.52. The molecule has 1 fully saturated rings. The van der Waals surface area contributed by atoms with Crippen molar-refractivity contribution in [3.05, 3.63) is 48.4 Å². The standard InChI is InChI=1S/C17H17N5O2/c18-12-15-17(20-7-6-19-15)22-10-8-21(9-11-22)13-16(23)24-14-4-2-1-3-5-14/h1-7H,8-11,13H2. The van der Waals surface area contributed by atoms with E-state index in [2.05, 4.69) is 16.0 Å². The molecule has 122 valence electrons. The van der Waals surface area contributed by atoms with Crippen molar-refractivity contribution in [1.82, 2.24) is 14.9 Å². The van der Waals surface area contributed by atoms with E-state index >= 15 is 0 Å². The maximum absolute atomic E-state index is 12.0. The Labute approximate surface area is 140 Å². The number of anilines is 1. The maximum atomic E-state index is 12.0. The summed E-state index contributed by atoms with van der Waals surface area (Å²) in [6.07, 6.45) is 3.09. The van der Waals surface area contributed by atoms with Crippen LogP contribution >= 0.6 is 0 Å². The molecule has 1 aliphatic rings. The molecule has 2 aromatic rings. The van der Waals surface area contributed by atoms with E-state index < -0.39 is 0 Å². The number of nitriles is 1. The molecule has 0 atom stereocenters. The third kappa shape index (κ3) is 3.86. The molecule has 0 saturated carbocycles. The Morgan fingerprint density at radius 1 is 1.12 bits per heavy atom. The Morgan fingerprint density at radius 3 is 2.54 bits per heavy atom. The molecule has 0 aliphatic carbocycles. The van der Waals surface area contributed by atoms with Crippen molar-refractivity contribution in [2.24, 2.45) is 0 Å². The highest BCUT2D eigenvalue weighted by Gasteiger charge is 2.22. The molecule has 0 unspecified atom stereocenters. The van der Waals surface area contributed by atoms with Crippen molar-refractivity contribution in [2.45, 2.75) is 0 Å². The van der Waals surface area contributed by atoms with Crippen LogP contribution in [0.2, 0.25) is 0 Å². The van der Waals surface area contributed by atoms with Crippen molar-refractivity contribution >= 4 is 11.8 Å². The first-order valence-corrected chi connectivity index (χ1v) is 7.70. The number of carbonyl (C=O) groups is 1. The highest BCUT2D eigenvalue weighted by Crippen LogP contribution is 2.16. The van der Waals surface area contributed by atoms with E-state index in [1.165, 1.54) is 6.20 Å². The molecule has 1 saturated heterocycles. The number of para-hydroxylation sites is 1. The molecular weight excluding hydrogens is 306 g/mol. The van der Waals surface area contributed by atoms with Gasteiger partial charge in [0, 0.05) is 38.6 Å². The lowest BCUT2D eigenvalue weighted by molar-refractivity contribution is -0.135. The quantitative estimate of drug-likeness (QED) is 0.615. The second kappa shape index (κ2) is 7.53. The number of benzene rings is 1. The number of aromatic nitrogens is 2. The number of piperazine rings is 1. The summed E-state index contributed by atoms with van der Waals surface area (Å²) in [6.45, 7) is 3.02. The van der Waals surface area contributed by atoms with Gasteiger partial charge in [0.15, 0.2) is 11.5 Å². The smallest absolute Gasteiger partial charge is 0.325 e. The lowest BCUT2D eigenvalue weighted by Gasteiger charge is -2.34. The van der Waals surface area contributed by atoms with Gasteiger partial charge in [-0.1, -0.05) is 18.2 Å². The van der Waals surface area contributed by atoms with Crippen LogP contribution in [-0.4, -0.2) is 53.6 Å². The first-order valence-electron chi connectivity index (χ1n) is 7.70. The molecule has 0 spiro atoms. The van der Waals surface area contributed by atoms with Gasteiger partial charge >= 0.3 is 5.97 Å². The van der Waals surface area contributed by atoms with Gasteiger partial charge in [-0.3, -0.25) is 9.69 Å². The molecule has 1 aliphatic heterocycles. The van der Waals surface area contributed by atoms with Gasteiger partial charge in [0.05, 0.1) is 6.54 Å². The monoisotopic (exact) mass is 323 g/mol. The number of hydrogen-bond donors (Lipinski definition) is 0. The van der Waals surface area contributed by atoms with Crippen molar-refractivity contribution in [2.75, 3.05) is 37.6 Å². The van der Waals surface area contributed by atoms with Gasteiger partial charge in [0.25, 0.3) is 0 Å². The van der Waals surface area contributed by atoms with Crippen LogP contribution in [0.3, 0.4) is 0 Å². The predicted octanol–water partition coefficient (Wildman–Crippen LogP) is 1.08. The minimum Gasteiger partial charge on any atom is -0.426 e. The van der Waals surface area contributed by atoms with Crippen LogP contribution in [-0.2, 0) is 4.79 Å². The highest BCUT2D eigenvalue weighted by molar-refractivity contribution is 5.74. The van der Waals surface area contributed by atoms with Crippen LogP contribution < -0.4 is 9.64 Å². The average molecular weight is 323 g/mol. The summed E-state index contributed by atoms with van der Waals surface area (Å²) < 4.78 is 5.31. The molecule has 0 N–H and O–H groups in total. The van der Waals surface area contributed by atoms with E-state index in [0.717, 1.165) is 0 Å². The molecule has 0 radical (unpaired) electrons. The number of rotatable bonds is 4. The van der Waals surface area contributed by atoms with Crippen LogP contribution in [0.1, 0.15) is 5.69 Å². The summed E-state index contributed by atoms with van der Waals surface area (Å²) in [5.74, 6) is 0.887. The number of nitrogens with zero attached hydrogens (tertiary/aromatic N) is 5. The fourth-order valence-corrected chi connectivity index (χ4v) is 2.59. The Morgan fingerprint density at radius 2 is 1.83 bits per heavy atom. The average Bonchev–Trinajstić information content (AvgIpc) is 2.63. The fourth-order valence-electron chi connectivity index (χ4n) is 2.59. The predicted molar refractivity (Wildman–Crippen MR) is 87.5 cm³/mol. The summed E-state index contributed by atoms with van der Waals surface area (Å²) >= 11 is 0. The van der Waals surface area contributed by atoms with E-state index in [-0.39, 0.29) is 12.5 Å². The van der Waals surface area contributed by atoms with E-state index in [1.807, 2.05) is 28.0 Å². The molecule has 24 heavy (non-hydrogen) atoms. The Hall–Kier alpha value is -2.98. The van der Waals surface area contributed by atoms with E-state index in [0.29, 0.717) is 43.4 Å². The summed E-state index contributed by atoms with van der Waals surface area (Å²) in [6, 6.07) is 11.1.